The van der Waals surface area contributed by atoms with Gasteiger partial charge in [-0.15, -0.1) is 0 Å². The minimum atomic E-state index is -0.351. The highest BCUT2D eigenvalue weighted by molar-refractivity contribution is 6.36. The molecule has 1 aliphatic heterocycles. The third-order valence-corrected chi connectivity index (χ3v) is 5.31. The van der Waals surface area contributed by atoms with E-state index in [2.05, 4.69) is 5.32 Å². The molecule has 6 nitrogen and oxygen atoms in total. The fourth-order valence-corrected chi connectivity index (χ4v) is 3.47. The van der Waals surface area contributed by atoms with E-state index in [4.69, 9.17) is 9.47 Å². The van der Waals surface area contributed by atoms with Gasteiger partial charge in [0.25, 0.3) is 11.8 Å². The van der Waals surface area contributed by atoms with Gasteiger partial charge in [-0.1, -0.05) is 31.2 Å². The molecule has 2 aromatic carbocycles. The number of nitrogens with one attached hydrogen (secondary N) is 1. The maximum Gasteiger partial charge on any atom is 0.278 e. The third kappa shape index (κ3) is 5.37. The molecule has 0 fully saturated rings. The van der Waals surface area contributed by atoms with Crippen LogP contribution in [0.3, 0.4) is 0 Å². The molecule has 0 bridgehead atoms. The number of rotatable bonds is 10. The van der Waals surface area contributed by atoms with Crippen LogP contribution in [0.4, 0.5) is 5.69 Å². The number of imide groups is 1. The van der Waals surface area contributed by atoms with Crippen molar-refractivity contribution in [3.05, 3.63) is 64.9 Å². The fraction of sp³-hybridized carbons (Fsp3) is 0.385. The number of carbonyl (C=O) groups is 2. The van der Waals surface area contributed by atoms with E-state index in [1.807, 2.05) is 77.1 Å². The van der Waals surface area contributed by atoms with Crippen LogP contribution in [0.5, 0.6) is 5.75 Å². The smallest absolute Gasteiger partial charge is 0.278 e. The van der Waals surface area contributed by atoms with Gasteiger partial charge in [0.15, 0.2) is 0 Å². The summed E-state index contributed by atoms with van der Waals surface area (Å²) in [6.07, 6.45) is 0.929. The van der Waals surface area contributed by atoms with E-state index in [0.717, 1.165) is 23.1 Å². The molecule has 0 atom stereocenters. The minimum absolute atomic E-state index is 0.0263. The van der Waals surface area contributed by atoms with Crippen LogP contribution >= 0.6 is 0 Å². The zero-order valence-corrected chi connectivity index (χ0v) is 19.5. The van der Waals surface area contributed by atoms with Crippen LogP contribution in [0, 0.1) is 13.8 Å². The molecule has 170 valence electrons. The summed E-state index contributed by atoms with van der Waals surface area (Å²) in [6.45, 7) is 11.0. The Morgan fingerprint density at radius 1 is 0.969 bits per heavy atom. The molecule has 0 saturated heterocycles. The third-order valence-electron chi connectivity index (χ3n) is 5.31. The molecular formula is C26H32N2O4. The average molecular weight is 437 g/mol. The normalized spacial score (nSPS) is 14.0. The first kappa shape index (κ1) is 23.5. The first-order chi connectivity index (χ1) is 15.3. The molecule has 2 amide bonds. The van der Waals surface area contributed by atoms with Gasteiger partial charge >= 0.3 is 0 Å². The van der Waals surface area contributed by atoms with Crippen molar-refractivity contribution in [3.8, 4) is 5.75 Å². The summed E-state index contributed by atoms with van der Waals surface area (Å²) < 4.78 is 11.3. The standard InChI is InChI=1S/C26H32N2O4/c1-6-13-32-22-9-7-8-21(16-22)27-24-23(20-11-10-18(4)19(5)15-20)25(29)28(26(24)30)12-14-31-17(2)3/h7-11,15-17,27H,6,12-14H2,1-5H3. The van der Waals surface area contributed by atoms with Crippen molar-refractivity contribution in [2.75, 3.05) is 25.1 Å². The summed E-state index contributed by atoms with van der Waals surface area (Å²) >= 11 is 0. The van der Waals surface area contributed by atoms with Crippen LogP contribution in [0.2, 0.25) is 0 Å². The lowest BCUT2D eigenvalue weighted by molar-refractivity contribution is -0.137. The summed E-state index contributed by atoms with van der Waals surface area (Å²) in [7, 11) is 0. The average Bonchev–Trinajstić information content (AvgIpc) is 2.98. The highest BCUT2D eigenvalue weighted by atomic mass is 16.5. The quantitative estimate of drug-likeness (QED) is 0.547. The molecule has 2 aromatic rings. The SMILES string of the molecule is CCCOc1cccc(NC2=C(c3ccc(C)c(C)c3)C(=O)N(CCOC(C)C)C2=O)c1. The largest absolute Gasteiger partial charge is 0.494 e. The molecule has 3 rings (SSSR count). The minimum Gasteiger partial charge on any atom is -0.494 e. The zero-order chi connectivity index (χ0) is 23.3. The second-order valence-corrected chi connectivity index (χ2v) is 8.23. The predicted molar refractivity (Wildman–Crippen MR) is 126 cm³/mol. The van der Waals surface area contributed by atoms with Crippen molar-refractivity contribution < 1.29 is 19.1 Å². The van der Waals surface area contributed by atoms with Crippen LogP contribution in [-0.4, -0.2) is 42.6 Å². The van der Waals surface area contributed by atoms with Gasteiger partial charge in [-0.3, -0.25) is 14.5 Å². The number of hydrogen-bond acceptors (Lipinski definition) is 5. The number of hydrogen-bond donors (Lipinski definition) is 1. The number of ether oxygens (including phenoxy) is 2. The Balaban J connectivity index is 1.96. The van der Waals surface area contributed by atoms with Crippen LogP contribution in [0.15, 0.2) is 48.2 Å². The highest BCUT2D eigenvalue weighted by Crippen LogP contribution is 2.32. The van der Waals surface area contributed by atoms with Crippen LogP contribution in [0.25, 0.3) is 5.57 Å². The summed E-state index contributed by atoms with van der Waals surface area (Å²) in [4.78, 5) is 27.9. The number of anilines is 1. The molecular weight excluding hydrogens is 404 g/mol. The molecule has 6 heteroatoms. The molecule has 1 heterocycles. The van der Waals surface area contributed by atoms with Crippen molar-refractivity contribution in [1.29, 1.82) is 0 Å². The van der Waals surface area contributed by atoms with Crippen molar-refractivity contribution in [2.24, 2.45) is 0 Å². The van der Waals surface area contributed by atoms with E-state index in [-0.39, 0.29) is 30.2 Å². The van der Waals surface area contributed by atoms with E-state index in [9.17, 15) is 9.59 Å². The zero-order valence-electron chi connectivity index (χ0n) is 19.5. The maximum absolute atomic E-state index is 13.3. The first-order valence-corrected chi connectivity index (χ1v) is 11.1. The van der Waals surface area contributed by atoms with Gasteiger partial charge in [-0.25, -0.2) is 0 Å². The lowest BCUT2D eigenvalue weighted by Crippen LogP contribution is -2.35. The van der Waals surface area contributed by atoms with Crippen LogP contribution in [0.1, 0.15) is 43.9 Å². The molecule has 0 radical (unpaired) electrons. The Hall–Kier alpha value is -3.12. The van der Waals surface area contributed by atoms with Gasteiger partial charge in [0.1, 0.15) is 11.4 Å². The Labute approximate surface area is 190 Å². The molecule has 0 saturated carbocycles. The predicted octanol–water partition coefficient (Wildman–Crippen LogP) is 4.71. The second-order valence-electron chi connectivity index (χ2n) is 8.23. The molecule has 0 aromatic heterocycles. The summed E-state index contributed by atoms with van der Waals surface area (Å²) in [5.41, 5.74) is 4.25. The van der Waals surface area contributed by atoms with E-state index in [1.165, 1.54) is 4.90 Å². The second kappa shape index (κ2) is 10.5. The summed E-state index contributed by atoms with van der Waals surface area (Å²) in [5, 5.41) is 3.20. The Morgan fingerprint density at radius 2 is 1.75 bits per heavy atom. The Kier molecular flexibility index (Phi) is 7.70. The van der Waals surface area contributed by atoms with Crippen LogP contribution < -0.4 is 10.1 Å². The van der Waals surface area contributed by atoms with Crippen molar-refractivity contribution in [3.63, 3.8) is 0 Å². The summed E-state index contributed by atoms with van der Waals surface area (Å²) in [5.74, 6) is 0.0473. The van der Waals surface area contributed by atoms with Gasteiger partial charge in [0.2, 0.25) is 0 Å². The first-order valence-electron chi connectivity index (χ1n) is 11.1. The van der Waals surface area contributed by atoms with E-state index >= 15 is 0 Å². The molecule has 0 aliphatic carbocycles. The van der Waals surface area contributed by atoms with Gasteiger partial charge in [-0.05, 0) is 62.9 Å². The summed E-state index contributed by atoms with van der Waals surface area (Å²) in [6, 6.07) is 13.2. The number of nitrogens with zero attached hydrogens (tertiary/aromatic N) is 1. The topological polar surface area (TPSA) is 67.9 Å². The lowest BCUT2D eigenvalue weighted by atomic mass is 9.99. The van der Waals surface area contributed by atoms with Crippen molar-refractivity contribution in [2.45, 2.75) is 47.1 Å². The molecule has 1 aliphatic rings. The van der Waals surface area contributed by atoms with Gasteiger partial charge < -0.3 is 14.8 Å². The molecule has 0 spiro atoms. The van der Waals surface area contributed by atoms with Gasteiger partial charge in [0.05, 0.1) is 31.4 Å². The van der Waals surface area contributed by atoms with E-state index in [0.29, 0.717) is 30.2 Å². The van der Waals surface area contributed by atoms with Gasteiger partial charge in [-0.2, -0.15) is 0 Å². The number of aryl methyl sites for hydroxylation is 2. The Morgan fingerprint density at radius 3 is 2.44 bits per heavy atom. The Bertz CT molecular complexity index is 1030. The number of carbonyl (C=O) groups excluding carboxylic acids is 2. The van der Waals surface area contributed by atoms with E-state index in [1.54, 1.807) is 0 Å². The van der Waals surface area contributed by atoms with Gasteiger partial charge in [0, 0.05) is 11.8 Å². The number of benzene rings is 2. The monoisotopic (exact) mass is 436 g/mol. The lowest BCUT2D eigenvalue weighted by Gasteiger charge is -2.16. The van der Waals surface area contributed by atoms with Crippen LogP contribution in [-0.2, 0) is 14.3 Å². The van der Waals surface area contributed by atoms with E-state index < -0.39 is 0 Å². The van der Waals surface area contributed by atoms with Crippen molar-refractivity contribution >= 4 is 23.1 Å². The fourth-order valence-electron chi connectivity index (χ4n) is 3.47. The van der Waals surface area contributed by atoms with Crippen molar-refractivity contribution in [1.82, 2.24) is 4.90 Å². The highest BCUT2D eigenvalue weighted by Gasteiger charge is 2.39. The maximum atomic E-state index is 13.3. The molecule has 0 unspecified atom stereocenters. The molecule has 1 N–H and O–H groups in total. The number of amides is 2. The molecule has 32 heavy (non-hydrogen) atoms.